The van der Waals surface area contributed by atoms with Crippen LogP contribution in [0.1, 0.15) is 42.4 Å². The van der Waals surface area contributed by atoms with Gasteiger partial charge in [-0.1, -0.05) is 0 Å². The van der Waals surface area contributed by atoms with Gasteiger partial charge in [-0.05, 0) is 39.7 Å². The van der Waals surface area contributed by atoms with E-state index in [4.69, 9.17) is 0 Å². The highest BCUT2D eigenvalue weighted by molar-refractivity contribution is 5.78. The molecular formula is C17H24N4O3. The summed E-state index contributed by atoms with van der Waals surface area (Å²) in [7, 11) is 1.34. The van der Waals surface area contributed by atoms with Gasteiger partial charge in [0, 0.05) is 29.9 Å². The van der Waals surface area contributed by atoms with Gasteiger partial charge in [-0.3, -0.25) is 9.59 Å². The van der Waals surface area contributed by atoms with Crippen LogP contribution in [0.3, 0.4) is 0 Å². The molecule has 2 rings (SSSR count). The first-order valence-corrected chi connectivity index (χ1v) is 8.00. The number of nitrogens with one attached hydrogen (secondary N) is 1. The van der Waals surface area contributed by atoms with Crippen molar-refractivity contribution in [2.24, 2.45) is 0 Å². The van der Waals surface area contributed by atoms with Gasteiger partial charge in [0.2, 0.25) is 5.91 Å². The lowest BCUT2D eigenvalue weighted by molar-refractivity contribution is -0.141. The number of methoxy groups -OCH3 is 1. The van der Waals surface area contributed by atoms with E-state index < -0.39 is 0 Å². The highest BCUT2D eigenvalue weighted by Gasteiger charge is 2.15. The molecule has 0 aliphatic carbocycles. The summed E-state index contributed by atoms with van der Waals surface area (Å²) in [5, 5.41) is 7.25. The Morgan fingerprint density at radius 1 is 1.33 bits per heavy atom. The van der Waals surface area contributed by atoms with E-state index in [0.717, 1.165) is 28.3 Å². The smallest absolute Gasteiger partial charge is 0.307 e. The summed E-state index contributed by atoms with van der Waals surface area (Å²) in [5.74, 6) is -0.430. The molecule has 0 saturated heterocycles. The summed E-state index contributed by atoms with van der Waals surface area (Å²) >= 11 is 0. The number of aryl methyl sites for hydroxylation is 3. The minimum Gasteiger partial charge on any atom is -0.469 e. The summed E-state index contributed by atoms with van der Waals surface area (Å²) in [6, 6.07) is 1.69. The molecule has 1 N–H and O–H groups in total. The fraction of sp³-hybridized carbons (Fsp3) is 0.529. The highest BCUT2D eigenvalue weighted by Crippen LogP contribution is 2.17. The monoisotopic (exact) mass is 332 g/mol. The molecule has 0 fully saturated rings. The second-order valence-corrected chi connectivity index (χ2v) is 6.07. The third-order valence-corrected chi connectivity index (χ3v) is 4.00. The van der Waals surface area contributed by atoms with Crippen molar-refractivity contribution in [3.63, 3.8) is 0 Å². The van der Waals surface area contributed by atoms with Gasteiger partial charge in [0.15, 0.2) is 5.65 Å². The normalized spacial score (nSPS) is 12.2. The number of rotatable bonds is 6. The Kier molecular flexibility index (Phi) is 5.54. The predicted octanol–water partition coefficient (Wildman–Crippen LogP) is 1.65. The van der Waals surface area contributed by atoms with Crippen molar-refractivity contribution in [3.8, 4) is 0 Å². The maximum atomic E-state index is 12.1. The van der Waals surface area contributed by atoms with E-state index in [9.17, 15) is 9.59 Å². The molecule has 0 aromatic carbocycles. The van der Waals surface area contributed by atoms with Crippen LogP contribution in [-0.4, -0.2) is 39.6 Å². The summed E-state index contributed by atoms with van der Waals surface area (Å²) in [4.78, 5) is 27.8. The van der Waals surface area contributed by atoms with Gasteiger partial charge in [-0.15, -0.1) is 0 Å². The predicted molar refractivity (Wildman–Crippen MR) is 89.8 cm³/mol. The number of hydrogen-bond donors (Lipinski definition) is 1. The maximum Gasteiger partial charge on any atom is 0.307 e. The molecule has 130 valence electrons. The average Bonchev–Trinajstić information content (AvgIpc) is 2.87. The summed E-state index contributed by atoms with van der Waals surface area (Å²) in [6.45, 7) is 7.65. The van der Waals surface area contributed by atoms with Crippen LogP contribution in [0, 0.1) is 20.8 Å². The number of nitrogens with zero attached hydrogens (tertiary/aromatic N) is 3. The number of ether oxygens (including phenoxy) is 1. The van der Waals surface area contributed by atoms with Gasteiger partial charge in [0.05, 0.1) is 19.2 Å². The van der Waals surface area contributed by atoms with Crippen LogP contribution in [0.5, 0.6) is 0 Å². The van der Waals surface area contributed by atoms with E-state index in [0.29, 0.717) is 12.8 Å². The molecule has 1 unspecified atom stereocenters. The van der Waals surface area contributed by atoms with Crippen molar-refractivity contribution in [2.75, 3.05) is 7.11 Å². The Hall–Kier alpha value is -2.44. The molecule has 0 spiro atoms. The molecule has 0 bridgehead atoms. The lowest BCUT2D eigenvalue weighted by Crippen LogP contribution is -2.34. The molecule has 0 aliphatic heterocycles. The van der Waals surface area contributed by atoms with Crippen LogP contribution in [0.25, 0.3) is 5.65 Å². The van der Waals surface area contributed by atoms with Crippen molar-refractivity contribution in [2.45, 2.75) is 53.0 Å². The zero-order chi connectivity index (χ0) is 17.9. The third kappa shape index (κ3) is 4.10. The summed E-state index contributed by atoms with van der Waals surface area (Å²) in [5.41, 5.74) is 4.68. The van der Waals surface area contributed by atoms with E-state index in [1.54, 1.807) is 6.92 Å². The molecule has 2 aromatic rings. The van der Waals surface area contributed by atoms with E-state index in [1.165, 1.54) is 7.11 Å². The Labute approximate surface area is 141 Å². The van der Waals surface area contributed by atoms with Crippen LogP contribution in [0.4, 0.5) is 0 Å². The first-order chi connectivity index (χ1) is 11.3. The number of carbonyl (C=O) groups is 2. The first kappa shape index (κ1) is 17.9. The van der Waals surface area contributed by atoms with Crippen LogP contribution in [0.2, 0.25) is 0 Å². The molecule has 0 radical (unpaired) electrons. The summed E-state index contributed by atoms with van der Waals surface area (Å²) < 4.78 is 6.41. The standard InChI is InChI=1S/C17H24N4O3/c1-10(9-17(23)24-5)18-16(22)7-6-14-12(3)19-15-8-11(2)20-21(15)13(14)4/h8,10H,6-7,9H2,1-5H3,(H,18,22). The molecule has 7 heteroatoms. The Morgan fingerprint density at radius 3 is 2.71 bits per heavy atom. The molecule has 1 atom stereocenters. The van der Waals surface area contributed by atoms with Crippen molar-refractivity contribution in [3.05, 3.63) is 28.7 Å². The molecule has 2 heterocycles. The quantitative estimate of drug-likeness (QED) is 0.813. The number of carbonyl (C=O) groups excluding carboxylic acids is 2. The maximum absolute atomic E-state index is 12.1. The minimum absolute atomic E-state index is 0.0954. The molecule has 0 aliphatic rings. The fourth-order valence-electron chi connectivity index (χ4n) is 2.77. The second-order valence-electron chi connectivity index (χ2n) is 6.07. The van der Waals surface area contributed by atoms with Crippen LogP contribution >= 0.6 is 0 Å². The zero-order valence-electron chi connectivity index (χ0n) is 14.8. The second kappa shape index (κ2) is 7.42. The fourth-order valence-corrected chi connectivity index (χ4v) is 2.77. The van der Waals surface area contributed by atoms with Gasteiger partial charge in [-0.25, -0.2) is 9.50 Å². The van der Waals surface area contributed by atoms with Gasteiger partial charge < -0.3 is 10.1 Å². The molecule has 1 amide bonds. The van der Waals surface area contributed by atoms with Crippen molar-refractivity contribution >= 4 is 17.5 Å². The SMILES string of the molecule is COC(=O)CC(C)NC(=O)CCc1c(C)nc2cc(C)nn2c1C. The lowest BCUT2D eigenvalue weighted by Gasteiger charge is -2.14. The van der Waals surface area contributed by atoms with Crippen LogP contribution in [0.15, 0.2) is 6.07 Å². The molecular weight excluding hydrogens is 308 g/mol. The number of fused-ring (bicyclic) bond motifs is 1. The van der Waals surface area contributed by atoms with Gasteiger partial charge >= 0.3 is 5.97 Å². The van der Waals surface area contributed by atoms with E-state index >= 15 is 0 Å². The van der Waals surface area contributed by atoms with Crippen molar-refractivity contribution in [1.29, 1.82) is 0 Å². The first-order valence-electron chi connectivity index (χ1n) is 8.00. The van der Waals surface area contributed by atoms with Crippen LogP contribution in [-0.2, 0) is 20.7 Å². The molecule has 24 heavy (non-hydrogen) atoms. The van der Waals surface area contributed by atoms with E-state index in [1.807, 2.05) is 31.4 Å². The van der Waals surface area contributed by atoms with Crippen LogP contribution < -0.4 is 5.32 Å². The van der Waals surface area contributed by atoms with Gasteiger partial charge in [0.25, 0.3) is 0 Å². The van der Waals surface area contributed by atoms with Gasteiger partial charge in [-0.2, -0.15) is 5.10 Å². The van der Waals surface area contributed by atoms with Crippen molar-refractivity contribution < 1.29 is 14.3 Å². The summed E-state index contributed by atoms with van der Waals surface area (Å²) in [6.07, 6.45) is 1.08. The number of esters is 1. The lowest BCUT2D eigenvalue weighted by atomic mass is 10.1. The van der Waals surface area contributed by atoms with Gasteiger partial charge in [0.1, 0.15) is 0 Å². The highest BCUT2D eigenvalue weighted by atomic mass is 16.5. The van der Waals surface area contributed by atoms with Crippen molar-refractivity contribution in [1.82, 2.24) is 19.9 Å². The molecule has 2 aromatic heterocycles. The topological polar surface area (TPSA) is 85.6 Å². The van der Waals surface area contributed by atoms with E-state index in [-0.39, 0.29) is 24.3 Å². The Morgan fingerprint density at radius 2 is 2.04 bits per heavy atom. The Balaban J connectivity index is 2.02. The molecule has 7 nitrogen and oxygen atoms in total. The number of hydrogen-bond acceptors (Lipinski definition) is 5. The Bertz CT molecular complexity index is 767. The third-order valence-electron chi connectivity index (χ3n) is 4.00. The zero-order valence-corrected chi connectivity index (χ0v) is 14.8. The van der Waals surface area contributed by atoms with E-state index in [2.05, 4.69) is 20.1 Å². The number of amides is 1. The number of aromatic nitrogens is 3. The molecule has 0 saturated carbocycles. The largest absolute Gasteiger partial charge is 0.469 e. The average molecular weight is 332 g/mol. The minimum atomic E-state index is -0.335.